The standard InChI is InChI=1S/C19H32FN5S/c1-4-24-9-11-25(12-10-24)8-7-22-19(21-2)23-14-16-5-6-18(20)13-17(16)15-26-3/h5-6,13H,4,7-12,14-15H2,1-3H3,(H2,21,22,23). The lowest BCUT2D eigenvalue weighted by molar-refractivity contribution is 0.139. The predicted molar refractivity (Wildman–Crippen MR) is 110 cm³/mol. The molecule has 1 aliphatic heterocycles. The smallest absolute Gasteiger partial charge is 0.191 e. The predicted octanol–water partition coefficient (Wildman–Crippen LogP) is 1.99. The number of nitrogens with zero attached hydrogens (tertiary/aromatic N) is 3. The zero-order valence-corrected chi connectivity index (χ0v) is 17.0. The van der Waals surface area contributed by atoms with E-state index in [0.717, 1.165) is 68.7 Å². The molecule has 2 N–H and O–H groups in total. The number of aliphatic imine (C=N–C) groups is 1. The van der Waals surface area contributed by atoms with Gasteiger partial charge in [-0.1, -0.05) is 13.0 Å². The maximum atomic E-state index is 13.5. The number of hydrogen-bond acceptors (Lipinski definition) is 4. The molecule has 0 saturated carbocycles. The first-order chi connectivity index (χ1) is 12.7. The highest BCUT2D eigenvalue weighted by Gasteiger charge is 2.14. The van der Waals surface area contributed by atoms with Gasteiger partial charge in [0.2, 0.25) is 0 Å². The molecule has 2 rings (SSSR count). The first kappa shape index (κ1) is 21.0. The molecule has 1 aromatic carbocycles. The molecule has 0 unspecified atom stereocenters. The van der Waals surface area contributed by atoms with Gasteiger partial charge < -0.3 is 15.5 Å². The highest BCUT2D eigenvalue weighted by atomic mass is 32.2. The largest absolute Gasteiger partial charge is 0.355 e. The van der Waals surface area contributed by atoms with Crippen LogP contribution >= 0.6 is 11.8 Å². The summed E-state index contributed by atoms with van der Waals surface area (Å²) in [5.74, 6) is 1.42. The highest BCUT2D eigenvalue weighted by molar-refractivity contribution is 7.97. The SMILES string of the molecule is CCN1CCN(CCNC(=NC)NCc2ccc(F)cc2CSC)CC1. The summed E-state index contributed by atoms with van der Waals surface area (Å²) < 4.78 is 13.5. The molecule has 26 heavy (non-hydrogen) atoms. The third kappa shape index (κ3) is 6.78. The fourth-order valence-corrected chi connectivity index (χ4v) is 3.70. The molecule has 7 heteroatoms. The van der Waals surface area contributed by atoms with Crippen molar-refractivity contribution in [1.29, 1.82) is 0 Å². The van der Waals surface area contributed by atoms with Crippen LogP contribution in [0.5, 0.6) is 0 Å². The van der Waals surface area contributed by atoms with Crippen LogP contribution in [0.4, 0.5) is 4.39 Å². The number of likely N-dealkylation sites (N-methyl/N-ethyl adjacent to an activating group) is 1. The average Bonchev–Trinajstić information content (AvgIpc) is 2.66. The Morgan fingerprint density at radius 2 is 1.88 bits per heavy atom. The lowest BCUT2D eigenvalue weighted by Crippen LogP contribution is -2.49. The van der Waals surface area contributed by atoms with Gasteiger partial charge in [-0.15, -0.1) is 0 Å². The second kappa shape index (κ2) is 11.4. The Balaban J connectivity index is 1.74. The molecule has 0 radical (unpaired) electrons. The Kier molecular flexibility index (Phi) is 9.22. The van der Waals surface area contributed by atoms with Crippen molar-refractivity contribution in [2.24, 2.45) is 4.99 Å². The van der Waals surface area contributed by atoms with Crippen molar-refractivity contribution in [3.63, 3.8) is 0 Å². The van der Waals surface area contributed by atoms with E-state index >= 15 is 0 Å². The summed E-state index contributed by atoms with van der Waals surface area (Å²) in [6, 6.07) is 5.00. The van der Waals surface area contributed by atoms with Crippen LogP contribution in [0.15, 0.2) is 23.2 Å². The molecule has 0 bridgehead atoms. The second-order valence-electron chi connectivity index (χ2n) is 6.47. The molecule has 0 spiro atoms. The Bertz CT molecular complexity index is 573. The van der Waals surface area contributed by atoms with Crippen molar-refractivity contribution >= 4 is 17.7 Å². The minimum absolute atomic E-state index is 0.177. The van der Waals surface area contributed by atoms with Crippen LogP contribution in [0.3, 0.4) is 0 Å². The van der Waals surface area contributed by atoms with Crippen molar-refractivity contribution in [2.75, 3.05) is 59.1 Å². The Morgan fingerprint density at radius 3 is 2.54 bits per heavy atom. The van der Waals surface area contributed by atoms with Crippen molar-refractivity contribution in [1.82, 2.24) is 20.4 Å². The van der Waals surface area contributed by atoms with E-state index < -0.39 is 0 Å². The number of rotatable bonds is 8. The number of guanidine groups is 1. The summed E-state index contributed by atoms with van der Waals surface area (Å²) in [5.41, 5.74) is 2.15. The van der Waals surface area contributed by atoms with Crippen LogP contribution in [-0.2, 0) is 12.3 Å². The number of hydrogen-bond donors (Lipinski definition) is 2. The molecule has 1 aromatic rings. The summed E-state index contributed by atoms with van der Waals surface area (Å²) in [4.78, 5) is 9.27. The van der Waals surface area contributed by atoms with Gasteiger partial charge in [0.15, 0.2) is 5.96 Å². The molecular formula is C19H32FN5S. The number of nitrogens with one attached hydrogen (secondary N) is 2. The van der Waals surface area contributed by atoms with Crippen molar-refractivity contribution < 1.29 is 4.39 Å². The Labute approximate surface area is 161 Å². The van der Waals surface area contributed by atoms with Gasteiger partial charge in [-0.2, -0.15) is 11.8 Å². The van der Waals surface area contributed by atoms with Gasteiger partial charge in [-0.3, -0.25) is 9.89 Å². The summed E-state index contributed by atoms with van der Waals surface area (Å²) in [6.45, 7) is 10.5. The van der Waals surface area contributed by atoms with E-state index in [-0.39, 0.29) is 5.82 Å². The molecule has 0 aliphatic carbocycles. The van der Waals surface area contributed by atoms with Gasteiger partial charge in [-0.05, 0) is 36.1 Å². The zero-order chi connectivity index (χ0) is 18.8. The fourth-order valence-electron chi connectivity index (χ4n) is 3.12. The third-order valence-electron chi connectivity index (χ3n) is 4.77. The van der Waals surface area contributed by atoms with Gasteiger partial charge in [0, 0.05) is 58.6 Å². The van der Waals surface area contributed by atoms with Gasteiger partial charge >= 0.3 is 0 Å². The molecule has 1 heterocycles. The lowest BCUT2D eigenvalue weighted by atomic mass is 10.1. The molecule has 1 fully saturated rings. The van der Waals surface area contributed by atoms with Crippen molar-refractivity contribution in [2.45, 2.75) is 19.2 Å². The van der Waals surface area contributed by atoms with E-state index in [2.05, 4.69) is 32.3 Å². The summed E-state index contributed by atoms with van der Waals surface area (Å²) >= 11 is 1.70. The van der Waals surface area contributed by atoms with E-state index in [4.69, 9.17) is 0 Å². The lowest BCUT2D eigenvalue weighted by Gasteiger charge is -2.34. The van der Waals surface area contributed by atoms with E-state index in [0.29, 0.717) is 6.54 Å². The van der Waals surface area contributed by atoms with Crippen LogP contribution in [0.25, 0.3) is 0 Å². The molecule has 0 aromatic heterocycles. The number of benzene rings is 1. The maximum absolute atomic E-state index is 13.5. The molecule has 1 aliphatic rings. The van der Waals surface area contributed by atoms with Crippen molar-refractivity contribution in [3.05, 3.63) is 35.1 Å². The molecule has 0 atom stereocenters. The number of piperazine rings is 1. The van der Waals surface area contributed by atoms with Crippen LogP contribution in [0.1, 0.15) is 18.1 Å². The van der Waals surface area contributed by atoms with E-state index in [9.17, 15) is 4.39 Å². The first-order valence-electron chi connectivity index (χ1n) is 9.31. The molecule has 1 saturated heterocycles. The Morgan fingerprint density at radius 1 is 1.15 bits per heavy atom. The van der Waals surface area contributed by atoms with Gasteiger partial charge in [0.05, 0.1) is 0 Å². The van der Waals surface area contributed by atoms with Crippen LogP contribution in [0.2, 0.25) is 0 Å². The molecule has 5 nitrogen and oxygen atoms in total. The quantitative estimate of drug-likeness (QED) is 0.533. The topological polar surface area (TPSA) is 42.9 Å². The maximum Gasteiger partial charge on any atom is 0.191 e. The molecule has 146 valence electrons. The molecule has 0 amide bonds. The summed E-state index contributed by atoms with van der Waals surface area (Å²) in [7, 11) is 1.78. The number of thioether (sulfide) groups is 1. The van der Waals surface area contributed by atoms with Gasteiger partial charge in [0.25, 0.3) is 0 Å². The summed E-state index contributed by atoms with van der Waals surface area (Å²) in [5, 5.41) is 6.72. The monoisotopic (exact) mass is 381 g/mol. The van der Waals surface area contributed by atoms with E-state index in [1.807, 2.05) is 12.3 Å². The van der Waals surface area contributed by atoms with E-state index in [1.54, 1.807) is 24.9 Å². The second-order valence-corrected chi connectivity index (χ2v) is 7.34. The highest BCUT2D eigenvalue weighted by Crippen LogP contribution is 2.16. The van der Waals surface area contributed by atoms with Crippen LogP contribution in [-0.4, -0.2) is 74.9 Å². The van der Waals surface area contributed by atoms with Gasteiger partial charge in [0.1, 0.15) is 5.82 Å². The fraction of sp³-hybridized carbons (Fsp3) is 0.632. The minimum atomic E-state index is -0.177. The summed E-state index contributed by atoms with van der Waals surface area (Å²) in [6.07, 6.45) is 2.03. The third-order valence-corrected chi connectivity index (χ3v) is 5.37. The van der Waals surface area contributed by atoms with Crippen LogP contribution in [0, 0.1) is 5.82 Å². The van der Waals surface area contributed by atoms with Gasteiger partial charge in [-0.25, -0.2) is 4.39 Å². The molecular weight excluding hydrogens is 349 g/mol. The Hall–Kier alpha value is -1.31. The average molecular weight is 382 g/mol. The zero-order valence-electron chi connectivity index (χ0n) is 16.2. The van der Waals surface area contributed by atoms with E-state index in [1.165, 1.54) is 6.07 Å². The normalized spacial score (nSPS) is 16.7. The van der Waals surface area contributed by atoms with Crippen molar-refractivity contribution in [3.8, 4) is 0 Å². The first-order valence-corrected chi connectivity index (χ1v) is 10.7. The minimum Gasteiger partial charge on any atom is -0.355 e. The van der Waals surface area contributed by atoms with Crippen LogP contribution < -0.4 is 10.6 Å². The number of halogens is 1.